The van der Waals surface area contributed by atoms with Crippen LogP contribution in [0.15, 0.2) is 24.3 Å². The predicted octanol–water partition coefficient (Wildman–Crippen LogP) is 0.239. The number of hydrogen-bond donors (Lipinski definition) is 3. The third kappa shape index (κ3) is 6.45. The molecule has 0 atom stereocenters. The average Bonchev–Trinajstić information content (AvgIpc) is 2.53. The van der Waals surface area contributed by atoms with Crippen LogP contribution >= 0.6 is 0 Å². The first-order chi connectivity index (χ1) is 11.0. The number of primary amides is 1. The van der Waals surface area contributed by atoms with Crippen molar-refractivity contribution in [2.45, 2.75) is 20.1 Å². The van der Waals surface area contributed by atoms with E-state index in [1.54, 1.807) is 13.8 Å². The van der Waals surface area contributed by atoms with Crippen molar-refractivity contribution >= 4 is 23.4 Å². The van der Waals surface area contributed by atoms with Crippen molar-refractivity contribution in [1.29, 1.82) is 0 Å². The third-order valence-corrected chi connectivity index (χ3v) is 2.77. The largest absolute Gasteiger partial charge is 0.366 e. The Labute approximate surface area is 134 Å². The molecule has 0 spiro atoms. The van der Waals surface area contributed by atoms with Crippen molar-refractivity contribution in [3.05, 3.63) is 29.8 Å². The molecule has 4 N–H and O–H groups in total. The Hall–Kier alpha value is -2.45. The van der Waals surface area contributed by atoms with Crippen LogP contribution < -0.4 is 16.4 Å². The molecule has 1 aromatic rings. The van der Waals surface area contributed by atoms with E-state index in [4.69, 9.17) is 15.2 Å². The van der Waals surface area contributed by atoms with E-state index in [0.717, 1.165) is 0 Å². The Balaban J connectivity index is 2.50. The molecule has 8 nitrogen and oxygen atoms in total. The summed E-state index contributed by atoms with van der Waals surface area (Å²) in [6.07, 6.45) is -0.600. The fourth-order valence-corrected chi connectivity index (χ4v) is 1.70. The summed E-state index contributed by atoms with van der Waals surface area (Å²) in [6, 6.07) is 5.87. The fraction of sp³-hybridized carbons (Fsp3) is 0.400. The molecule has 3 amide bonds. The highest BCUT2D eigenvalue weighted by Gasteiger charge is 2.16. The fourth-order valence-electron chi connectivity index (χ4n) is 1.70. The van der Waals surface area contributed by atoms with E-state index in [9.17, 15) is 14.4 Å². The van der Waals surface area contributed by atoms with E-state index in [2.05, 4.69) is 10.6 Å². The van der Waals surface area contributed by atoms with Crippen molar-refractivity contribution in [3.63, 3.8) is 0 Å². The standard InChI is InChI=1S/C15H21N3O5/c1-3-22-12(23-4-2)9-17-14(20)15(21)18-11-7-5-10(6-8-11)13(16)19/h5-8,12H,3-4,9H2,1-2H3,(H2,16,19)(H,17,20)(H,18,21). The molecule has 1 rings (SSSR count). The number of benzene rings is 1. The summed E-state index contributed by atoms with van der Waals surface area (Å²) in [5.41, 5.74) is 5.80. The van der Waals surface area contributed by atoms with Gasteiger partial charge in [0.15, 0.2) is 6.29 Å². The smallest absolute Gasteiger partial charge is 0.313 e. The van der Waals surface area contributed by atoms with Gasteiger partial charge in [-0.15, -0.1) is 0 Å². The molecule has 0 unspecified atom stereocenters. The zero-order chi connectivity index (χ0) is 17.2. The van der Waals surface area contributed by atoms with Crippen LogP contribution in [0, 0.1) is 0 Å². The number of rotatable bonds is 8. The van der Waals surface area contributed by atoms with Gasteiger partial charge in [0.25, 0.3) is 0 Å². The van der Waals surface area contributed by atoms with E-state index in [0.29, 0.717) is 24.5 Å². The number of amides is 3. The van der Waals surface area contributed by atoms with E-state index >= 15 is 0 Å². The number of carbonyl (C=O) groups excluding carboxylic acids is 3. The zero-order valence-electron chi connectivity index (χ0n) is 13.1. The van der Waals surface area contributed by atoms with Crippen LogP contribution in [-0.4, -0.2) is 43.8 Å². The predicted molar refractivity (Wildman–Crippen MR) is 83.6 cm³/mol. The van der Waals surface area contributed by atoms with Gasteiger partial charge in [0.1, 0.15) is 0 Å². The number of ether oxygens (including phenoxy) is 2. The molecule has 1 aromatic carbocycles. The molecule has 8 heteroatoms. The van der Waals surface area contributed by atoms with Gasteiger partial charge in [-0.2, -0.15) is 0 Å². The van der Waals surface area contributed by atoms with Gasteiger partial charge in [0.05, 0.1) is 6.54 Å². The molecule has 0 saturated heterocycles. The van der Waals surface area contributed by atoms with Crippen LogP contribution in [0.25, 0.3) is 0 Å². The van der Waals surface area contributed by atoms with Crippen molar-refractivity contribution in [2.75, 3.05) is 25.1 Å². The minimum absolute atomic E-state index is 0.0640. The minimum atomic E-state index is -0.830. The molecule has 0 aliphatic heterocycles. The van der Waals surface area contributed by atoms with Gasteiger partial charge in [0, 0.05) is 24.5 Å². The molecule has 0 aromatic heterocycles. The topological polar surface area (TPSA) is 120 Å². The third-order valence-electron chi connectivity index (χ3n) is 2.77. The van der Waals surface area contributed by atoms with Gasteiger partial charge in [-0.1, -0.05) is 0 Å². The minimum Gasteiger partial charge on any atom is -0.366 e. The van der Waals surface area contributed by atoms with Gasteiger partial charge in [-0.05, 0) is 38.1 Å². The highest BCUT2D eigenvalue weighted by atomic mass is 16.7. The molecule has 0 aliphatic rings. The number of anilines is 1. The van der Waals surface area contributed by atoms with Gasteiger partial charge in [-0.3, -0.25) is 14.4 Å². The Kier molecular flexibility index (Phi) is 7.72. The summed E-state index contributed by atoms with van der Waals surface area (Å²) in [5.74, 6) is -2.21. The Morgan fingerprint density at radius 3 is 2.09 bits per heavy atom. The van der Waals surface area contributed by atoms with Crippen molar-refractivity contribution in [2.24, 2.45) is 5.73 Å². The first kappa shape index (κ1) is 18.6. The summed E-state index contributed by atoms with van der Waals surface area (Å²) in [7, 11) is 0. The number of nitrogens with two attached hydrogens (primary N) is 1. The Bertz CT molecular complexity index is 539. The van der Waals surface area contributed by atoms with Gasteiger partial charge >= 0.3 is 11.8 Å². The molecule has 0 aliphatic carbocycles. The Morgan fingerprint density at radius 2 is 1.61 bits per heavy atom. The van der Waals surface area contributed by atoms with Crippen LogP contribution in [0.4, 0.5) is 5.69 Å². The lowest BCUT2D eigenvalue weighted by Gasteiger charge is -2.17. The molecule has 0 fully saturated rings. The summed E-state index contributed by atoms with van der Waals surface area (Å²) in [5, 5.41) is 4.84. The molecule has 23 heavy (non-hydrogen) atoms. The quantitative estimate of drug-likeness (QED) is 0.467. The lowest BCUT2D eigenvalue weighted by Crippen LogP contribution is -2.41. The number of hydrogen-bond acceptors (Lipinski definition) is 5. The number of carbonyl (C=O) groups is 3. The van der Waals surface area contributed by atoms with E-state index < -0.39 is 24.0 Å². The van der Waals surface area contributed by atoms with Crippen LogP contribution in [0.2, 0.25) is 0 Å². The van der Waals surface area contributed by atoms with Gasteiger partial charge in [0.2, 0.25) is 5.91 Å². The maximum atomic E-state index is 11.8. The second kappa shape index (κ2) is 9.54. The highest BCUT2D eigenvalue weighted by Crippen LogP contribution is 2.08. The monoisotopic (exact) mass is 323 g/mol. The molecule has 0 bridgehead atoms. The van der Waals surface area contributed by atoms with E-state index in [-0.39, 0.29) is 6.54 Å². The summed E-state index contributed by atoms with van der Waals surface area (Å²) >= 11 is 0. The SMILES string of the molecule is CCOC(CNC(=O)C(=O)Nc1ccc(C(N)=O)cc1)OCC. The number of nitrogens with one attached hydrogen (secondary N) is 2. The molecule has 126 valence electrons. The average molecular weight is 323 g/mol. The van der Waals surface area contributed by atoms with Crippen molar-refractivity contribution < 1.29 is 23.9 Å². The van der Waals surface area contributed by atoms with Crippen molar-refractivity contribution in [1.82, 2.24) is 5.32 Å². The van der Waals surface area contributed by atoms with Crippen LogP contribution in [0.3, 0.4) is 0 Å². The van der Waals surface area contributed by atoms with E-state index in [1.807, 2.05) is 0 Å². The molecular formula is C15H21N3O5. The molecule has 0 saturated carbocycles. The first-order valence-electron chi connectivity index (χ1n) is 7.20. The maximum Gasteiger partial charge on any atom is 0.313 e. The van der Waals surface area contributed by atoms with Crippen LogP contribution in [0.1, 0.15) is 24.2 Å². The molecule has 0 radical (unpaired) electrons. The second-order valence-electron chi connectivity index (χ2n) is 4.45. The lowest BCUT2D eigenvalue weighted by atomic mass is 10.2. The normalized spacial score (nSPS) is 10.4. The summed E-state index contributed by atoms with van der Waals surface area (Å²) in [6.45, 7) is 4.53. The maximum absolute atomic E-state index is 11.8. The van der Waals surface area contributed by atoms with Gasteiger partial charge in [-0.25, -0.2) is 0 Å². The summed E-state index contributed by atoms with van der Waals surface area (Å²) < 4.78 is 10.5. The molecule has 0 heterocycles. The highest BCUT2D eigenvalue weighted by molar-refractivity contribution is 6.39. The second-order valence-corrected chi connectivity index (χ2v) is 4.45. The first-order valence-corrected chi connectivity index (χ1v) is 7.20. The molecular weight excluding hydrogens is 302 g/mol. The van der Waals surface area contributed by atoms with Crippen LogP contribution in [-0.2, 0) is 19.1 Å². The van der Waals surface area contributed by atoms with Crippen molar-refractivity contribution in [3.8, 4) is 0 Å². The zero-order valence-corrected chi connectivity index (χ0v) is 13.1. The van der Waals surface area contributed by atoms with Gasteiger partial charge < -0.3 is 25.8 Å². The summed E-state index contributed by atoms with van der Waals surface area (Å²) in [4.78, 5) is 34.4. The van der Waals surface area contributed by atoms with E-state index in [1.165, 1.54) is 24.3 Å². The lowest BCUT2D eigenvalue weighted by molar-refractivity contribution is -0.145. The Morgan fingerprint density at radius 1 is 1.04 bits per heavy atom. The van der Waals surface area contributed by atoms with Crippen LogP contribution in [0.5, 0.6) is 0 Å².